The number of ether oxygens (including phenoxy) is 2. The van der Waals surface area contributed by atoms with Crippen LogP contribution in [0.15, 0.2) is 30.3 Å². The number of epoxide rings is 1. The maximum absolute atomic E-state index is 12.9. The van der Waals surface area contributed by atoms with Crippen molar-refractivity contribution < 1.29 is 19.4 Å². The van der Waals surface area contributed by atoms with Crippen LogP contribution in [0.1, 0.15) is 44.6 Å². The summed E-state index contributed by atoms with van der Waals surface area (Å²) in [6.07, 6.45) is 5.69. The van der Waals surface area contributed by atoms with E-state index in [2.05, 4.69) is 24.0 Å². The van der Waals surface area contributed by atoms with Gasteiger partial charge in [-0.25, -0.2) is 0 Å². The number of fused-ring (bicyclic) bond motifs is 3. The van der Waals surface area contributed by atoms with Crippen LogP contribution in [0.3, 0.4) is 0 Å². The molecule has 2 heterocycles. The van der Waals surface area contributed by atoms with Crippen molar-refractivity contribution in [1.29, 1.82) is 0 Å². The molecule has 1 aromatic rings. The third-order valence-electron chi connectivity index (χ3n) is 8.20. The van der Waals surface area contributed by atoms with Crippen molar-refractivity contribution in [2.75, 3.05) is 26.3 Å². The summed E-state index contributed by atoms with van der Waals surface area (Å²) >= 11 is 0. The number of hydrogen-bond acceptors (Lipinski definition) is 5. The lowest BCUT2D eigenvalue weighted by Gasteiger charge is -2.51. The molecule has 1 N–H and O–H groups in total. The zero-order valence-electron chi connectivity index (χ0n) is 17.4. The van der Waals surface area contributed by atoms with Gasteiger partial charge in [0.05, 0.1) is 24.7 Å². The molecule has 0 unspecified atom stereocenters. The number of rotatable bonds is 6. The van der Waals surface area contributed by atoms with E-state index in [-0.39, 0.29) is 41.5 Å². The average Bonchev–Trinajstić information content (AvgIpc) is 3.40. The van der Waals surface area contributed by atoms with E-state index in [1.54, 1.807) is 0 Å². The van der Waals surface area contributed by atoms with E-state index in [0.717, 1.165) is 26.0 Å². The van der Waals surface area contributed by atoms with Gasteiger partial charge >= 0.3 is 5.97 Å². The smallest absolute Gasteiger partial charge is 0.310 e. The number of aliphatic hydroxyl groups is 1. The second kappa shape index (κ2) is 7.36. The van der Waals surface area contributed by atoms with Gasteiger partial charge in [0, 0.05) is 25.6 Å². The molecule has 5 heteroatoms. The first-order chi connectivity index (χ1) is 14.0. The number of carbonyl (C=O) groups is 1. The Morgan fingerprint density at radius 3 is 2.76 bits per heavy atom. The Morgan fingerprint density at radius 1 is 1.24 bits per heavy atom. The molecule has 4 aliphatic rings. The van der Waals surface area contributed by atoms with Gasteiger partial charge in [-0.15, -0.1) is 0 Å². The summed E-state index contributed by atoms with van der Waals surface area (Å²) in [5.41, 5.74) is 1.53. The second-order valence-electron chi connectivity index (χ2n) is 10.0. The first-order valence-corrected chi connectivity index (χ1v) is 11.2. The third kappa shape index (κ3) is 3.51. The maximum Gasteiger partial charge on any atom is 0.310 e. The van der Waals surface area contributed by atoms with Crippen LogP contribution < -0.4 is 0 Å². The van der Waals surface area contributed by atoms with Crippen molar-refractivity contribution in [2.45, 2.75) is 57.3 Å². The van der Waals surface area contributed by atoms with Crippen molar-refractivity contribution in [3.05, 3.63) is 35.9 Å². The molecule has 0 radical (unpaired) electrons. The second-order valence-corrected chi connectivity index (χ2v) is 10.0. The molecular weight excluding hydrogens is 366 g/mol. The molecule has 2 saturated heterocycles. The van der Waals surface area contributed by atoms with E-state index in [4.69, 9.17) is 9.47 Å². The largest absolute Gasteiger partial charge is 0.462 e. The Bertz CT molecular complexity index is 749. The minimum Gasteiger partial charge on any atom is -0.462 e. The summed E-state index contributed by atoms with van der Waals surface area (Å²) in [4.78, 5) is 15.1. The SMILES string of the molecule is C[C@]12CCC[C@@]3(CO3)[C@@H]1C[C@H]1[C@@H](C2)OC(=O)[C@@H]1CN(CCO)Cc1ccccc1. The Morgan fingerprint density at radius 2 is 2.03 bits per heavy atom. The average molecular weight is 400 g/mol. The van der Waals surface area contributed by atoms with E-state index in [1.165, 1.54) is 24.8 Å². The van der Waals surface area contributed by atoms with Gasteiger partial charge in [-0.3, -0.25) is 9.69 Å². The molecule has 0 aromatic heterocycles. The molecule has 158 valence electrons. The van der Waals surface area contributed by atoms with Crippen LogP contribution in [-0.4, -0.2) is 54.0 Å². The van der Waals surface area contributed by atoms with Crippen LogP contribution in [0.5, 0.6) is 0 Å². The van der Waals surface area contributed by atoms with Crippen molar-refractivity contribution in [1.82, 2.24) is 4.90 Å². The Hall–Kier alpha value is -1.43. The third-order valence-corrected chi connectivity index (χ3v) is 8.20. The molecular formula is C24H33NO4. The molecule has 6 atom stereocenters. The summed E-state index contributed by atoms with van der Waals surface area (Å²) in [6, 6.07) is 10.3. The lowest BCUT2D eigenvalue weighted by molar-refractivity contribution is -0.147. The lowest BCUT2D eigenvalue weighted by atomic mass is 9.53. The van der Waals surface area contributed by atoms with Crippen molar-refractivity contribution in [3.63, 3.8) is 0 Å². The van der Waals surface area contributed by atoms with Gasteiger partial charge in [-0.1, -0.05) is 37.3 Å². The number of aliphatic hydroxyl groups excluding tert-OH is 1. The number of nitrogens with zero attached hydrogens (tertiary/aromatic N) is 1. The van der Waals surface area contributed by atoms with Gasteiger partial charge in [0.1, 0.15) is 6.10 Å². The molecule has 29 heavy (non-hydrogen) atoms. The van der Waals surface area contributed by atoms with Gasteiger partial charge in [-0.05, 0) is 49.0 Å². The number of esters is 1. The van der Waals surface area contributed by atoms with Gasteiger partial charge in [0.25, 0.3) is 0 Å². The van der Waals surface area contributed by atoms with Crippen molar-refractivity contribution in [2.24, 2.45) is 23.2 Å². The number of hydrogen-bond donors (Lipinski definition) is 1. The van der Waals surface area contributed by atoms with E-state index < -0.39 is 0 Å². The van der Waals surface area contributed by atoms with E-state index in [0.29, 0.717) is 19.0 Å². The van der Waals surface area contributed by atoms with Crippen LogP contribution in [-0.2, 0) is 20.8 Å². The summed E-state index contributed by atoms with van der Waals surface area (Å²) in [5, 5.41) is 9.58. The van der Waals surface area contributed by atoms with Crippen LogP contribution in [0.4, 0.5) is 0 Å². The summed E-state index contributed by atoms with van der Waals surface area (Å²) in [6.45, 7) is 5.37. The lowest BCUT2D eigenvalue weighted by Crippen LogP contribution is -2.51. The van der Waals surface area contributed by atoms with Gasteiger partial charge < -0.3 is 14.6 Å². The quantitative estimate of drug-likeness (QED) is 0.589. The molecule has 5 rings (SSSR count). The normalized spacial score (nSPS) is 40.6. The first-order valence-electron chi connectivity index (χ1n) is 11.2. The predicted molar refractivity (Wildman–Crippen MR) is 109 cm³/mol. The highest BCUT2D eigenvalue weighted by molar-refractivity contribution is 5.75. The highest BCUT2D eigenvalue weighted by Gasteiger charge is 2.65. The maximum atomic E-state index is 12.9. The molecule has 0 amide bonds. The molecule has 0 bridgehead atoms. The van der Waals surface area contributed by atoms with Gasteiger partial charge in [0.15, 0.2) is 0 Å². The molecule has 5 nitrogen and oxygen atoms in total. The molecule has 2 aliphatic heterocycles. The molecule has 4 fully saturated rings. The van der Waals surface area contributed by atoms with Crippen molar-refractivity contribution in [3.8, 4) is 0 Å². The van der Waals surface area contributed by atoms with Crippen LogP contribution >= 0.6 is 0 Å². The Labute approximate surface area is 173 Å². The van der Waals surface area contributed by atoms with Crippen LogP contribution in [0.25, 0.3) is 0 Å². The molecule has 1 spiro atoms. The van der Waals surface area contributed by atoms with Gasteiger partial charge in [0.2, 0.25) is 0 Å². The molecule has 1 aromatic carbocycles. The van der Waals surface area contributed by atoms with Gasteiger partial charge in [-0.2, -0.15) is 0 Å². The van der Waals surface area contributed by atoms with E-state index in [1.807, 2.05) is 18.2 Å². The number of benzene rings is 1. The zero-order valence-corrected chi connectivity index (χ0v) is 17.4. The highest BCUT2D eigenvalue weighted by atomic mass is 16.6. The summed E-state index contributed by atoms with van der Waals surface area (Å²) in [7, 11) is 0. The first kappa shape index (κ1) is 19.5. The minimum atomic E-state index is -0.0995. The fourth-order valence-corrected chi connectivity index (χ4v) is 6.66. The molecule has 2 saturated carbocycles. The topological polar surface area (TPSA) is 62.3 Å². The molecule has 2 aliphatic carbocycles. The number of carbonyl (C=O) groups excluding carboxylic acids is 1. The predicted octanol–water partition coefficient (Wildman–Crippen LogP) is 3.01. The Kier molecular flexibility index (Phi) is 4.96. The van der Waals surface area contributed by atoms with Crippen molar-refractivity contribution >= 4 is 5.97 Å². The summed E-state index contributed by atoms with van der Waals surface area (Å²) < 4.78 is 12.0. The highest BCUT2D eigenvalue weighted by Crippen LogP contribution is 2.62. The Balaban J connectivity index is 1.33. The fourth-order valence-electron chi connectivity index (χ4n) is 6.66. The van der Waals surface area contributed by atoms with Crippen LogP contribution in [0, 0.1) is 23.2 Å². The van der Waals surface area contributed by atoms with E-state index >= 15 is 0 Å². The van der Waals surface area contributed by atoms with E-state index in [9.17, 15) is 9.90 Å². The standard InChI is InChI=1S/C24H33NO4/c1-23-8-5-9-24(16-28-24)21(23)12-18-19(22(27)29-20(18)13-23)15-25(10-11-26)14-17-6-3-2-4-7-17/h2-4,6-7,18-21,26H,5,8-16H2,1H3/t18-,19-,20-,21-,23-,24-/m1/s1. The summed E-state index contributed by atoms with van der Waals surface area (Å²) in [5.74, 6) is 0.681. The monoisotopic (exact) mass is 399 g/mol. The fraction of sp³-hybridized carbons (Fsp3) is 0.708. The minimum absolute atomic E-state index is 0.0380. The zero-order chi connectivity index (χ0) is 20.1. The van der Waals surface area contributed by atoms with Crippen LogP contribution in [0.2, 0.25) is 0 Å².